The Morgan fingerprint density at radius 1 is 1.26 bits per heavy atom. The van der Waals surface area contributed by atoms with Gasteiger partial charge in [0.15, 0.2) is 5.16 Å². The van der Waals surface area contributed by atoms with Crippen molar-refractivity contribution in [3.63, 3.8) is 0 Å². The fourth-order valence-corrected chi connectivity index (χ4v) is 2.31. The largest absolute Gasteiger partial charge is 0.497 e. The van der Waals surface area contributed by atoms with Crippen LogP contribution in [0.2, 0.25) is 5.28 Å². The van der Waals surface area contributed by atoms with Gasteiger partial charge in [-0.25, -0.2) is 0 Å². The first-order valence-electron chi connectivity index (χ1n) is 5.57. The highest BCUT2D eigenvalue weighted by molar-refractivity contribution is 7.99. The summed E-state index contributed by atoms with van der Waals surface area (Å²) in [5, 5.41) is 0.598. The zero-order valence-electron chi connectivity index (χ0n) is 10.5. The van der Waals surface area contributed by atoms with E-state index in [1.165, 1.54) is 11.8 Å². The molecule has 0 atom stereocenters. The summed E-state index contributed by atoms with van der Waals surface area (Å²) in [6.45, 7) is 2.33. The smallest absolute Gasteiger partial charge is 0.321 e. The maximum Gasteiger partial charge on any atom is 0.321 e. The number of methoxy groups -OCH3 is 1. The zero-order valence-corrected chi connectivity index (χ0v) is 12.0. The predicted octanol–water partition coefficient (Wildman–Crippen LogP) is 3.08. The van der Waals surface area contributed by atoms with Crippen molar-refractivity contribution >= 4 is 23.4 Å². The molecule has 0 aliphatic carbocycles. The molecular formula is C12H12ClN3O2S. The molecule has 1 aromatic carbocycles. The van der Waals surface area contributed by atoms with E-state index in [-0.39, 0.29) is 11.3 Å². The topological polar surface area (TPSA) is 57.1 Å². The summed E-state index contributed by atoms with van der Waals surface area (Å²) >= 11 is 7.19. The van der Waals surface area contributed by atoms with Gasteiger partial charge in [-0.3, -0.25) is 0 Å². The lowest BCUT2D eigenvalue weighted by atomic mass is 10.3. The maximum absolute atomic E-state index is 5.83. The number of hydrogen-bond donors (Lipinski definition) is 0. The van der Waals surface area contributed by atoms with Gasteiger partial charge in [-0.2, -0.15) is 15.0 Å². The summed E-state index contributed by atoms with van der Waals surface area (Å²) < 4.78 is 10.4. The van der Waals surface area contributed by atoms with Gasteiger partial charge >= 0.3 is 6.01 Å². The van der Waals surface area contributed by atoms with E-state index in [0.717, 1.165) is 10.6 Å². The van der Waals surface area contributed by atoms with Gasteiger partial charge in [-0.1, -0.05) is 6.07 Å². The third-order valence-electron chi connectivity index (χ3n) is 2.09. The molecule has 100 valence electrons. The van der Waals surface area contributed by atoms with Crippen LogP contribution in [0.5, 0.6) is 11.8 Å². The van der Waals surface area contributed by atoms with Crippen LogP contribution < -0.4 is 9.47 Å². The summed E-state index contributed by atoms with van der Waals surface area (Å²) in [6, 6.07) is 7.82. The first-order valence-corrected chi connectivity index (χ1v) is 6.77. The van der Waals surface area contributed by atoms with Crippen LogP contribution in [-0.2, 0) is 0 Å². The second-order valence-electron chi connectivity index (χ2n) is 3.38. The highest BCUT2D eigenvalue weighted by atomic mass is 35.5. The monoisotopic (exact) mass is 297 g/mol. The van der Waals surface area contributed by atoms with Crippen LogP contribution in [0.25, 0.3) is 0 Å². The van der Waals surface area contributed by atoms with Crippen LogP contribution in [-0.4, -0.2) is 28.7 Å². The lowest BCUT2D eigenvalue weighted by molar-refractivity contribution is 0.307. The van der Waals surface area contributed by atoms with Gasteiger partial charge in [0.1, 0.15) is 5.75 Å². The minimum atomic E-state index is 0.115. The van der Waals surface area contributed by atoms with E-state index >= 15 is 0 Å². The van der Waals surface area contributed by atoms with Crippen molar-refractivity contribution in [3.05, 3.63) is 29.5 Å². The normalized spacial score (nSPS) is 10.3. The molecule has 2 rings (SSSR count). The molecule has 5 nitrogen and oxygen atoms in total. The van der Waals surface area contributed by atoms with Crippen molar-refractivity contribution in [2.45, 2.75) is 17.0 Å². The molecule has 0 bridgehead atoms. The summed E-state index contributed by atoms with van der Waals surface area (Å²) in [5.41, 5.74) is 0. The number of nitrogens with zero attached hydrogens (tertiary/aromatic N) is 3. The minimum Gasteiger partial charge on any atom is -0.497 e. The van der Waals surface area contributed by atoms with E-state index in [1.54, 1.807) is 7.11 Å². The number of rotatable bonds is 5. The third kappa shape index (κ3) is 3.97. The van der Waals surface area contributed by atoms with Gasteiger partial charge in [-0.05, 0) is 48.5 Å². The molecule has 0 spiro atoms. The van der Waals surface area contributed by atoms with E-state index in [4.69, 9.17) is 21.1 Å². The molecule has 0 aliphatic heterocycles. The first-order chi connectivity index (χ1) is 9.21. The van der Waals surface area contributed by atoms with Gasteiger partial charge in [0.05, 0.1) is 13.7 Å². The summed E-state index contributed by atoms with van der Waals surface area (Å²) in [4.78, 5) is 13.0. The van der Waals surface area contributed by atoms with E-state index in [9.17, 15) is 0 Å². The van der Waals surface area contributed by atoms with Crippen LogP contribution in [0.3, 0.4) is 0 Å². The van der Waals surface area contributed by atoms with Crippen molar-refractivity contribution in [1.29, 1.82) is 0 Å². The van der Waals surface area contributed by atoms with Crippen molar-refractivity contribution in [2.75, 3.05) is 13.7 Å². The second kappa shape index (κ2) is 6.58. The molecule has 0 saturated carbocycles. The molecular weight excluding hydrogens is 286 g/mol. The van der Waals surface area contributed by atoms with E-state index < -0.39 is 0 Å². The second-order valence-corrected chi connectivity index (χ2v) is 4.76. The molecule has 1 aromatic heterocycles. The average molecular weight is 298 g/mol. The number of aromatic nitrogens is 3. The summed E-state index contributed by atoms with van der Waals surface area (Å²) in [5.74, 6) is 0.773. The molecule has 2 aromatic rings. The van der Waals surface area contributed by atoms with Crippen LogP contribution in [0.15, 0.2) is 34.3 Å². The number of benzene rings is 1. The zero-order chi connectivity index (χ0) is 13.7. The van der Waals surface area contributed by atoms with E-state index in [2.05, 4.69) is 15.0 Å². The molecule has 7 heteroatoms. The van der Waals surface area contributed by atoms with Gasteiger partial charge in [0.2, 0.25) is 5.28 Å². The molecule has 0 saturated heterocycles. The Morgan fingerprint density at radius 3 is 2.84 bits per heavy atom. The fraction of sp³-hybridized carbons (Fsp3) is 0.250. The number of hydrogen-bond acceptors (Lipinski definition) is 6. The Balaban J connectivity index is 2.22. The lowest BCUT2D eigenvalue weighted by Crippen LogP contribution is -2.00. The Hall–Kier alpha value is -1.53. The summed E-state index contributed by atoms with van der Waals surface area (Å²) in [7, 11) is 1.62. The first kappa shape index (κ1) is 13.9. The standard InChI is InChI=1S/C12H12ClN3O2S/c1-3-18-11-14-10(13)15-12(16-11)19-9-6-4-5-8(7-9)17-2/h4-7H,3H2,1-2H3. The molecule has 0 fully saturated rings. The van der Waals surface area contributed by atoms with Gasteiger partial charge in [0.25, 0.3) is 0 Å². The highest BCUT2D eigenvalue weighted by Gasteiger charge is 2.08. The Kier molecular flexibility index (Phi) is 4.81. The molecule has 0 aliphatic rings. The van der Waals surface area contributed by atoms with E-state index in [0.29, 0.717) is 11.8 Å². The van der Waals surface area contributed by atoms with Gasteiger partial charge in [0, 0.05) is 4.90 Å². The Morgan fingerprint density at radius 2 is 2.11 bits per heavy atom. The SMILES string of the molecule is CCOc1nc(Cl)nc(Sc2cccc(OC)c2)n1. The Bertz CT molecular complexity index is 568. The van der Waals surface area contributed by atoms with Crippen molar-refractivity contribution in [3.8, 4) is 11.8 Å². The Labute approximate surface area is 120 Å². The molecule has 0 amide bonds. The number of halogens is 1. The predicted molar refractivity (Wildman–Crippen MR) is 73.1 cm³/mol. The maximum atomic E-state index is 5.83. The lowest BCUT2D eigenvalue weighted by Gasteiger charge is -2.05. The average Bonchev–Trinajstić information content (AvgIpc) is 2.38. The highest BCUT2D eigenvalue weighted by Crippen LogP contribution is 2.28. The quantitative estimate of drug-likeness (QED) is 0.845. The van der Waals surface area contributed by atoms with Crippen LogP contribution in [0.1, 0.15) is 6.92 Å². The molecule has 0 radical (unpaired) electrons. The van der Waals surface area contributed by atoms with Crippen LogP contribution in [0, 0.1) is 0 Å². The van der Waals surface area contributed by atoms with Gasteiger partial charge < -0.3 is 9.47 Å². The molecule has 0 unspecified atom stereocenters. The van der Waals surface area contributed by atoms with E-state index in [1.807, 2.05) is 31.2 Å². The molecule has 0 N–H and O–H groups in total. The third-order valence-corrected chi connectivity index (χ3v) is 3.11. The van der Waals surface area contributed by atoms with Crippen molar-refractivity contribution in [2.24, 2.45) is 0 Å². The fourth-order valence-electron chi connectivity index (χ4n) is 1.32. The number of ether oxygens (including phenoxy) is 2. The summed E-state index contributed by atoms with van der Waals surface area (Å²) in [6.07, 6.45) is 0. The minimum absolute atomic E-state index is 0.115. The van der Waals surface area contributed by atoms with Crippen molar-refractivity contribution < 1.29 is 9.47 Å². The molecule has 19 heavy (non-hydrogen) atoms. The van der Waals surface area contributed by atoms with Crippen LogP contribution >= 0.6 is 23.4 Å². The van der Waals surface area contributed by atoms with Gasteiger partial charge in [-0.15, -0.1) is 0 Å². The molecule has 1 heterocycles. The van der Waals surface area contributed by atoms with Crippen molar-refractivity contribution in [1.82, 2.24) is 15.0 Å². The van der Waals surface area contributed by atoms with Crippen LogP contribution in [0.4, 0.5) is 0 Å².